The van der Waals surface area contributed by atoms with Crippen molar-refractivity contribution in [1.82, 2.24) is 4.90 Å². The highest BCUT2D eigenvalue weighted by atomic mass is 16.5. The molecule has 2 aliphatic heterocycles. The SMILES string of the molecule is O=C(O)C1CCCN(CCc2ccc3c(c2)NCCO3)C1. The molecular formula is C16H22N2O3. The average molecular weight is 290 g/mol. The number of nitrogens with zero attached hydrogens (tertiary/aromatic N) is 1. The first-order valence-electron chi connectivity index (χ1n) is 7.67. The molecule has 2 aliphatic rings. The van der Waals surface area contributed by atoms with E-state index in [0.29, 0.717) is 6.54 Å². The van der Waals surface area contributed by atoms with Gasteiger partial charge in [-0.1, -0.05) is 6.07 Å². The Kier molecular flexibility index (Phi) is 4.29. The fourth-order valence-corrected chi connectivity index (χ4v) is 3.09. The van der Waals surface area contributed by atoms with Crippen molar-refractivity contribution in [3.63, 3.8) is 0 Å². The van der Waals surface area contributed by atoms with Crippen LogP contribution >= 0.6 is 0 Å². The summed E-state index contributed by atoms with van der Waals surface area (Å²) in [7, 11) is 0. The molecule has 0 aliphatic carbocycles. The molecule has 5 heteroatoms. The lowest BCUT2D eigenvalue weighted by Gasteiger charge is -2.30. The third-order valence-electron chi connectivity index (χ3n) is 4.29. The third kappa shape index (κ3) is 3.47. The van der Waals surface area contributed by atoms with Crippen molar-refractivity contribution in [2.75, 3.05) is 38.1 Å². The Morgan fingerprint density at radius 1 is 1.48 bits per heavy atom. The highest BCUT2D eigenvalue weighted by Gasteiger charge is 2.24. The molecule has 5 nitrogen and oxygen atoms in total. The number of benzene rings is 1. The second-order valence-corrected chi connectivity index (χ2v) is 5.83. The summed E-state index contributed by atoms with van der Waals surface area (Å²) >= 11 is 0. The van der Waals surface area contributed by atoms with Crippen molar-refractivity contribution in [2.45, 2.75) is 19.3 Å². The molecule has 1 unspecified atom stereocenters. The number of fused-ring (bicyclic) bond motifs is 1. The average Bonchev–Trinajstić information content (AvgIpc) is 2.53. The van der Waals surface area contributed by atoms with E-state index >= 15 is 0 Å². The Hall–Kier alpha value is -1.75. The lowest BCUT2D eigenvalue weighted by molar-refractivity contribution is -0.143. The van der Waals surface area contributed by atoms with E-state index in [0.717, 1.165) is 56.9 Å². The van der Waals surface area contributed by atoms with Crippen molar-refractivity contribution in [1.29, 1.82) is 0 Å². The highest BCUT2D eigenvalue weighted by molar-refractivity contribution is 5.70. The minimum atomic E-state index is -0.658. The predicted octanol–water partition coefficient (Wildman–Crippen LogP) is 1.83. The van der Waals surface area contributed by atoms with Gasteiger partial charge in [0.05, 0.1) is 11.6 Å². The van der Waals surface area contributed by atoms with Crippen molar-refractivity contribution in [2.24, 2.45) is 5.92 Å². The van der Waals surface area contributed by atoms with Gasteiger partial charge in [0.2, 0.25) is 0 Å². The number of likely N-dealkylation sites (tertiary alicyclic amines) is 1. The number of aliphatic carboxylic acids is 1. The lowest BCUT2D eigenvalue weighted by atomic mass is 9.98. The standard InChI is InChI=1S/C16H22N2O3/c19-16(20)13-2-1-7-18(11-13)8-5-12-3-4-15-14(10-12)17-6-9-21-15/h3-4,10,13,17H,1-2,5-9,11H2,(H,19,20). The molecule has 1 aromatic rings. The maximum Gasteiger partial charge on any atom is 0.307 e. The summed E-state index contributed by atoms with van der Waals surface area (Å²) in [5.41, 5.74) is 2.34. The van der Waals surface area contributed by atoms with Gasteiger partial charge in [-0.25, -0.2) is 0 Å². The van der Waals surface area contributed by atoms with Crippen LogP contribution in [0.2, 0.25) is 0 Å². The van der Waals surface area contributed by atoms with Crippen LogP contribution in [0.25, 0.3) is 0 Å². The molecule has 1 aromatic carbocycles. The maximum atomic E-state index is 11.1. The Balaban J connectivity index is 1.56. The number of carboxylic acids is 1. The highest BCUT2D eigenvalue weighted by Crippen LogP contribution is 2.28. The van der Waals surface area contributed by atoms with E-state index in [9.17, 15) is 4.79 Å². The molecule has 2 heterocycles. The first-order chi connectivity index (χ1) is 10.2. The summed E-state index contributed by atoms with van der Waals surface area (Å²) in [6, 6.07) is 6.27. The number of carboxylic acid groups (broad SMARTS) is 1. The van der Waals surface area contributed by atoms with Gasteiger partial charge in [-0.3, -0.25) is 4.79 Å². The van der Waals surface area contributed by atoms with Crippen LogP contribution in [-0.2, 0) is 11.2 Å². The Morgan fingerprint density at radius 2 is 2.38 bits per heavy atom. The first kappa shape index (κ1) is 14.2. The van der Waals surface area contributed by atoms with Crippen molar-refractivity contribution >= 4 is 11.7 Å². The quantitative estimate of drug-likeness (QED) is 0.886. The van der Waals surface area contributed by atoms with Crippen LogP contribution in [0.15, 0.2) is 18.2 Å². The van der Waals surface area contributed by atoms with Crippen LogP contribution in [0.4, 0.5) is 5.69 Å². The summed E-state index contributed by atoms with van der Waals surface area (Å²) in [4.78, 5) is 13.4. The largest absolute Gasteiger partial charge is 0.490 e. The van der Waals surface area contributed by atoms with Gasteiger partial charge in [0.1, 0.15) is 12.4 Å². The molecule has 2 N–H and O–H groups in total. The molecule has 1 atom stereocenters. The molecule has 114 valence electrons. The zero-order valence-electron chi connectivity index (χ0n) is 12.2. The summed E-state index contributed by atoms with van der Waals surface area (Å²) in [5.74, 6) is 0.0705. The first-order valence-corrected chi connectivity index (χ1v) is 7.67. The zero-order chi connectivity index (χ0) is 14.7. The monoisotopic (exact) mass is 290 g/mol. The van der Waals surface area contributed by atoms with Crippen molar-refractivity contribution in [3.8, 4) is 5.75 Å². The van der Waals surface area contributed by atoms with Gasteiger partial charge in [-0.05, 0) is 43.5 Å². The van der Waals surface area contributed by atoms with Crippen LogP contribution in [0.5, 0.6) is 5.75 Å². The van der Waals surface area contributed by atoms with E-state index in [1.165, 1.54) is 5.56 Å². The topological polar surface area (TPSA) is 61.8 Å². The number of rotatable bonds is 4. The van der Waals surface area contributed by atoms with E-state index in [4.69, 9.17) is 9.84 Å². The lowest BCUT2D eigenvalue weighted by Crippen LogP contribution is -2.39. The Labute approximate surface area is 124 Å². The van der Waals surface area contributed by atoms with Gasteiger partial charge in [0.15, 0.2) is 0 Å². The van der Waals surface area contributed by atoms with E-state index in [-0.39, 0.29) is 5.92 Å². The van der Waals surface area contributed by atoms with Crippen LogP contribution in [-0.4, -0.2) is 48.8 Å². The molecule has 0 amide bonds. The molecule has 0 radical (unpaired) electrons. The molecular weight excluding hydrogens is 268 g/mol. The number of anilines is 1. The van der Waals surface area contributed by atoms with Gasteiger partial charge in [0.25, 0.3) is 0 Å². The predicted molar refractivity (Wildman–Crippen MR) is 80.9 cm³/mol. The molecule has 0 bridgehead atoms. The zero-order valence-corrected chi connectivity index (χ0v) is 12.2. The second kappa shape index (κ2) is 6.35. The number of hydrogen-bond donors (Lipinski definition) is 2. The second-order valence-electron chi connectivity index (χ2n) is 5.83. The number of piperidine rings is 1. The minimum Gasteiger partial charge on any atom is -0.490 e. The maximum absolute atomic E-state index is 11.1. The molecule has 0 spiro atoms. The van der Waals surface area contributed by atoms with E-state index in [1.807, 2.05) is 6.07 Å². The normalized spacial score (nSPS) is 22.0. The Bertz CT molecular complexity index is 518. The van der Waals surface area contributed by atoms with Crippen LogP contribution < -0.4 is 10.1 Å². The summed E-state index contributed by atoms with van der Waals surface area (Å²) < 4.78 is 5.58. The molecule has 0 saturated carbocycles. The molecule has 0 aromatic heterocycles. The van der Waals surface area contributed by atoms with Gasteiger partial charge >= 0.3 is 5.97 Å². The van der Waals surface area contributed by atoms with Crippen LogP contribution in [0.3, 0.4) is 0 Å². The molecule has 21 heavy (non-hydrogen) atoms. The van der Waals surface area contributed by atoms with Crippen LogP contribution in [0.1, 0.15) is 18.4 Å². The minimum absolute atomic E-state index is 0.197. The molecule has 1 fully saturated rings. The Morgan fingerprint density at radius 3 is 3.24 bits per heavy atom. The van der Waals surface area contributed by atoms with Gasteiger partial charge < -0.3 is 20.1 Å². The van der Waals surface area contributed by atoms with Gasteiger partial charge in [0, 0.05) is 19.6 Å². The summed E-state index contributed by atoms with van der Waals surface area (Å²) in [6.07, 6.45) is 2.74. The number of carbonyl (C=O) groups is 1. The summed E-state index contributed by atoms with van der Waals surface area (Å²) in [5, 5.41) is 12.5. The number of ether oxygens (including phenoxy) is 1. The van der Waals surface area contributed by atoms with E-state index < -0.39 is 5.97 Å². The number of hydrogen-bond acceptors (Lipinski definition) is 4. The van der Waals surface area contributed by atoms with Gasteiger partial charge in [-0.2, -0.15) is 0 Å². The van der Waals surface area contributed by atoms with E-state index in [1.54, 1.807) is 0 Å². The van der Waals surface area contributed by atoms with E-state index in [2.05, 4.69) is 22.3 Å². The smallest absolute Gasteiger partial charge is 0.307 e. The van der Waals surface area contributed by atoms with Crippen LogP contribution in [0, 0.1) is 5.92 Å². The number of nitrogens with one attached hydrogen (secondary N) is 1. The fraction of sp³-hybridized carbons (Fsp3) is 0.562. The van der Waals surface area contributed by atoms with Crippen molar-refractivity contribution in [3.05, 3.63) is 23.8 Å². The van der Waals surface area contributed by atoms with Crippen molar-refractivity contribution < 1.29 is 14.6 Å². The third-order valence-corrected chi connectivity index (χ3v) is 4.29. The summed E-state index contributed by atoms with van der Waals surface area (Å²) in [6.45, 7) is 4.18. The molecule has 3 rings (SSSR count). The van der Waals surface area contributed by atoms with Gasteiger partial charge in [-0.15, -0.1) is 0 Å². The molecule has 1 saturated heterocycles. The fourth-order valence-electron chi connectivity index (χ4n) is 3.09.